The first-order chi connectivity index (χ1) is 5.92. The third-order valence-corrected chi connectivity index (χ3v) is 2.16. The highest BCUT2D eigenvalue weighted by Gasteiger charge is 2.14. The summed E-state index contributed by atoms with van der Waals surface area (Å²) in [6.07, 6.45) is 3.88. The van der Waals surface area contributed by atoms with E-state index in [4.69, 9.17) is 4.74 Å². The van der Waals surface area contributed by atoms with Crippen LogP contribution in [0.4, 0.5) is 0 Å². The zero-order valence-corrected chi connectivity index (χ0v) is 7.05. The molecule has 1 aliphatic heterocycles. The van der Waals surface area contributed by atoms with Gasteiger partial charge in [-0.3, -0.25) is 0 Å². The molecule has 1 aliphatic rings. The first-order valence-electron chi connectivity index (χ1n) is 4.26. The van der Waals surface area contributed by atoms with Crippen LogP contribution >= 0.6 is 0 Å². The molecule has 1 aromatic rings. The van der Waals surface area contributed by atoms with Crippen LogP contribution in [-0.2, 0) is 12.8 Å². The third kappa shape index (κ3) is 1.11. The monoisotopic (exact) mass is 160 g/mol. The number of fused-ring (bicyclic) bond motifs is 1. The van der Waals surface area contributed by atoms with Gasteiger partial charge in [0.05, 0.1) is 6.61 Å². The van der Waals surface area contributed by atoms with E-state index in [1.165, 1.54) is 11.1 Å². The summed E-state index contributed by atoms with van der Waals surface area (Å²) in [5.74, 6) is 1.09. The Balaban J connectivity index is 2.42. The average molecular weight is 160 g/mol. The Morgan fingerprint density at radius 3 is 3.25 bits per heavy atom. The molecule has 0 bridgehead atoms. The van der Waals surface area contributed by atoms with Crippen LogP contribution in [0.2, 0.25) is 0 Å². The molecular weight excluding hydrogens is 148 g/mol. The lowest BCUT2D eigenvalue weighted by Crippen LogP contribution is -1.90. The minimum atomic E-state index is 0.837. The fourth-order valence-corrected chi connectivity index (χ4v) is 1.60. The Labute approximate surface area is 72.7 Å². The molecule has 0 spiro atoms. The standard InChI is InChI=1S/C11H12O/c1-2-4-9-5-3-6-10-7-8-12-11(9)10/h2-3,5-6H,1,4,7-8H2. The van der Waals surface area contributed by atoms with E-state index in [1.807, 2.05) is 6.08 Å². The smallest absolute Gasteiger partial charge is 0.126 e. The van der Waals surface area contributed by atoms with Gasteiger partial charge >= 0.3 is 0 Å². The zero-order chi connectivity index (χ0) is 8.39. The van der Waals surface area contributed by atoms with Gasteiger partial charge in [-0.1, -0.05) is 24.3 Å². The Kier molecular flexibility index (Phi) is 1.86. The van der Waals surface area contributed by atoms with Crippen LogP contribution in [0.5, 0.6) is 5.75 Å². The molecule has 0 N–H and O–H groups in total. The topological polar surface area (TPSA) is 9.23 Å². The SMILES string of the molecule is C=CCc1cccc2c1OCC2. The number of para-hydroxylation sites is 1. The molecule has 0 radical (unpaired) electrons. The fourth-order valence-electron chi connectivity index (χ4n) is 1.60. The van der Waals surface area contributed by atoms with Gasteiger partial charge in [-0.25, -0.2) is 0 Å². The summed E-state index contributed by atoms with van der Waals surface area (Å²) in [7, 11) is 0. The van der Waals surface area contributed by atoms with Crippen LogP contribution in [0, 0.1) is 0 Å². The molecule has 0 atom stereocenters. The summed E-state index contributed by atoms with van der Waals surface area (Å²) in [5.41, 5.74) is 2.61. The Bertz CT molecular complexity index is 302. The van der Waals surface area contributed by atoms with E-state index in [9.17, 15) is 0 Å². The lowest BCUT2D eigenvalue weighted by molar-refractivity contribution is 0.354. The van der Waals surface area contributed by atoms with E-state index in [-0.39, 0.29) is 0 Å². The number of allylic oxidation sites excluding steroid dienone is 1. The van der Waals surface area contributed by atoms with E-state index in [2.05, 4.69) is 24.8 Å². The molecule has 0 aliphatic carbocycles. The van der Waals surface area contributed by atoms with E-state index in [0.717, 1.165) is 25.2 Å². The second-order valence-electron chi connectivity index (χ2n) is 3.00. The van der Waals surface area contributed by atoms with Crippen LogP contribution in [0.1, 0.15) is 11.1 Å². The second-order valence-corrected chi connectivity index (χ2v) is 3.00. The highest BCUT2D eigenvalue weighted by atomic mass is 16.5. The van der Waals surface area contributed by atoms with Crippen molar-refractivity contribution in [3.05, 3.63) is 42.0 Å². The fraction of sp³-hybridized carbons (Fsp3) is 0.273. The number of hydrogen-bond acceptors (Lipinski definition) is 1. The average Bonchev–Trinajstić information content (AvgIpc) is 2.53. The molecule has 62 valence electrons. The number of hydrogen-bond donors (Lipinski definition) is 0. The Hall–Kier alpha value is -1.24. The third-order valence-electron chi connectivity index (χ3n) is 2.16. The van der Waals surface area contributed by atoms with Crippen LogP contribution in [-0.4, -0.2) is 6.61 Å². The molecular formula is C11H12O. The molecule has 0 saturated carbocycles. The summed E-state index contributed by atoms with van der Waals surface area (Å²) in [6, 6.07) is 6.33. The van der Waals surface area contributed by atoms with Crippen LogP contribution in [0.3, 0.4) is 0 Å². The molecule has 1 nitrogen and oxygen atoms in total. The normalized spacial score (nSPS) is 13.7. The van der Waals surface area contributed by atoms with Gasteiger partial charge in [-0.15, -0.1) is 6.58 Å². The van der Waals surface area contributed by atoms with E-state index >= 15 is 0 Å². The van der Waals surface area contributed by atoms with Crippen molar-refractivity contribution in [2.24, 2.45) is 0 Å². The van der Waals surface area contributed by atoms with Crippen molar-refractivity contribution in [1.29, 1.82) is 0 Å². The van der Waals surface area contributed by atoms with Gasteiger partial charge < -0.3 is 4.74 Å². The van der Waals surface area contributed by atoms with E-state index < -0.39 is 0 Å². The molecule has 12 heavy (non-hydrogen) atoms. The van der Waals surface area contributed by atoms with Crippen LogP contribution in [0.25, 0.3) is 0 Å². The van der Waals surface area contributed by atoms with Crippen molar-refractivity contribution in [3.8, 4) is 5.75 Å². The number of benzene rings is 1. The molecule has 1 heterocycles. The summed E-state index contributed by atoms with van der Waals surface area (Å²) in [6.45, 7) is 4.56. The van der Waals surface area contributed by atoms with Crippen molar-refractivity contribution < 1.29 is 4.74 Å². The van der Waals surface area contributed by atoms with Crippen molar-refractivity contribution in [2.45, 2.75) is 12.8 Å². The molecule has 1 heteroatoms. The maximum Gasteiger partial charge on any atom is 0.126 e. The van der Waals surface area contributed by atoms with Crippen LogP contribution < -0.4 is 4.74 Å². The van der Waals surface area contributed by atoms with Gasteiger partial charge in [0.25, 0.3) is 0 Å². The number of rotatable bonds is 2. The maximum atomic E-state index is 5.53. The van der Waals surface area contributed by atoms with Crippen molar-refractivity contribution in [2.75, 3.05) is 6.61 Å². The van der Waals surface area contributed by atoms with Gasteiger partial charge in [-0.05, 0) is 17.5 Å². The predicted molar refractivity (Wildman–Crippen MR) is 49.5 cm³/mol. The lowest BCUT2D eigenvalue weighted by atomic mass is 10.1. The second kappa shape index (κ2) is 3.02. The quantitative estimate of drug-likeness (QED) is 0.603. The summed E-state index contributed by atoms with van der Waals surface area (Å²) in [4.78, 5) is 0. The summed E-state index contributed by atoms with van der Waals surface area (Å²) >= 11 is 0. The molecule has 0 fully saturated rings. The van der Waals surface area contributed by atoms with Gasteiger partial charge in [-0.2, -0.15) is 0 Å². The first kappa shape index (κ1) is 7.41. The van der Waals surface area contributed by atoms with Crippen molar-refractivity contribution in [1.82, 2.24) is 0 Å². The van der Waals surface area contributed by atoms with E-state index in [1.54, 1.807) is 0 Å². The van der Waals surface area contributed by atoms with Gasteiger partial charge in [0.2, 0.25) is 0 Å². The Morgan fingerprint density at radius 1 is 1.50 bits per heavy atom. The van der Waals surface area contributed by atoms with Crippen molar-refractivity contribution in [3.63, 3.8) is 0 Å². The molecule has 0 saturated heterocycles. The minimum Gasteiger partial charge on any atom is -0.493 e. The molecule has 0 amide bonds. The first-order valence-corrected chi connectivity index (χ1v) is 4.26. The lowest BCUT2D eigenvalue weighted by Gasteiger charge is -2.04. The molecule has 1 aromatic carbocycles. The highest BCUT2D eigenvalue weighted by Crippen LogP contribution is 2.29. The van der Waals surface area contributed by atoms with Gasteiger partial charge in [0.1, 0.15) is 5.75 Å². The highest BCUT2D eigenvalue weighted by molar-refractivity contribution is 5.44. The van der Waals surface area contributed by atoms with Crippen LogP contribution in [0.15, 0.2) is 30.9 Å². The maximum absolute atomic E-state index is 5.53. The van der Waals surface area contributed by atoms with Gasteiger partial charge in [0, 0.05) is 6.42 Å². The zero-order valence-electron chi connectivity index (χ0n) is 7.05. The van der Waals surface area contributed by atoms with Crippen molar-refractivity contribution >= 4 is 0 Å². The Morgan fingerprint density at radius 2 is 2.42 bits per heavy atom. The predicted octanol–water partition coefficient (Wildman–Crippen LogP) is 2.35. The minimum absolute atomic E-state index is 0.837. The largest absolute Gasteiger partial charge is 0.493 e. The molecule has 2 rings (SSSR count). The molecule has 0 unspecified atom stereocenters. The molecule has 0 aromatic heterocycles. The van der Waals surface area contributed by atoms with E-state index in [0.29, 0.717) is 0 Å². The summed E-state index contributed by atoms with van der Waals surface area (Å²) in [5, 5.41) is 0. The number of ether oxygens (including phenoxy) is 1. The summed E-state index contributed by atoms with van der Waals surface area (Å²) < 4.78 is 5.53. The van der Waals surface area contributed by atoms with Gasteiger partial charge in [0.15, 0.2) is 0 Å².